The number of hydrazine groups is 1. The molecule has 2 amide bonds. The Labute approximate surface area is 243 Å². The van der Waals surface area contributed by atoms with Crippen LogP contribution in [0.1, 0.15) is 49.5 Å². The van der Waals surface area contributed by atoms with E-state index in [4.69, 9.17) is 22.2 Å². The Hall–Kier alpha value is -3.00. The molecule has 14 heteroatoms. The number of sulfonamides is 1. The van der Waals surface area contributed by atoms with Gasteiger partial charge in [0.25, 0.3) is 5.91 Å². The lowest BCUT2D eigenvalue weighted by atomic mass is 10.0. The number of likely N-dealkylation sites (tertiary alicyclic amines) is 2. The third kappa shape index (κ3) is 7.08. The number of carbonyl (C=O) groups excluding carboxylic acids is 2. The molecule has 2 aromatic rings. The normalized spacial score (nSPS) is 17.2. The number of nitrogen functional groups attached to an aromatic ring is 1. The molecule has 2 aliphatic rings. The smallest absolute Gasteiger partial charge is 0.410 e. The van der Waals surface area contributed by atoms with Crippen molar-refractivity contribution in [1.29, 1.82) is 0 Å². The Balaban J connectivity index is 1.48. The van der Waals surface area contributed by atoms with Crippen molar-refractivity contribution in [1.82, 2.24) is 15.2 Å². The molecule has 4 rings (SSSR count). The van der Waals surface area contributed by atoms with Gasteiger partial charge in [-0.25, -0.2) is 27.8 Å². The molecule has 0 aliphatic carbocycles. The van der Waals surface area contributed by atoms with Gasteiger partial charge >= 0.3 is 6.09 Å². The molecule has 3 N–H and O–H groups in total. The van der Waals surface area contributed by atoms with Crippen molar-refractivity contribution >= 4 is 39.3 Å². The summed E-state index contributed by atoms with van der Waals surface area (Å²) in [6.07, 6.45) is 0.257. The Kier molecular flexibility index (Phi) is 9.12. The molecule has 0 atom stereocenters. The molecule has 0 unspecified atom stereocenters. The van der Waals surface area contributed by atoms with E-state index >= 15 is 0 Å². The molecule has 2 saturated heterocycles. The number of hydrogen-bond acceptors (Lipinski definition) is 7. The minimum Gasteiger partial charge on any atom is -0.444 e. The van der Waals surface area contributed by atoms with Gasteiger partial charge in [-0.15, -0.1) is 0 Å². The van der Waals surface area contributed by atoms with E-state index in [0.717, 1.165) is 16.4 Å². The molecule has 2 fully saturated rings. The Morgan fingerprint density at radius 2 is 1.76 bits per heavy atom. The van der Waals surface area contributed by atoms with Crippen molar-refractivity contribution < 1.29 is 31.5 Å². The van der Waals surface area contributed by atoms with Crippen LogP contribution in [0.15, 0.2) is 36.4 Å². The zero-order chi connectivity index (χ0) is 30.1. The number of carbonyl (C=O) groups is 2. The Morgan fingerprint density at radius 3 is 2.32 bits per heavy atom. The van der Waals surface area contributed by atoms with Crippen LogP contribution in [0, 0.1) is 11.6 Å². The third-order valence-corrected chi connectivity index (χ3v) is 9.74. The van der Waals surface area contributed by atoms with Gasteiger partial charge in [-0.1, -0.05) is 17.7 Å². The van der Waals surface area contributed by atoms with Gasteiger partial charge < -0.3 is 9.64 Å². The average Bonchev–Trinajstić information content (AvgIpc) is 2.87. The fourth-order valence-corrected chi connectivity index (χ4v) is 6.97. The van der Waals surface area contributed by atoms with Gasteiger partial charge in [0, 0.05) is 30.3 Å². The van der Waals surface area contributed by atoms with E-state index in [9.17, 15) is 26.8 Å². The standard InChI is InChI=1S/C27H34ClF2N5O5S/c1-27(2,3)40-26(37)34-15-20(16-34)33-10-8-21(9-11-33)41(38,39)35(19-6-7-23(29)22(28)13-19)14-18-5-4-17(12-24(18)30)25(36)32-31/h4-7,12-13,20-21H,8-11,14-16,31H2,1-3H3,(H,32,36). The molecular formula is C27H34ClF2N5O5S. The summed E-state index contributed by atoms with van der Waals surface area (Å²) in [5, 5.41) is -1.05. The van der Waals surface area contributed by atoms with Gasteiger partial charge in [0.05, 0.1) is 22.5 Å². The zero-order valence-corrected chi connectivity index (χ0v) is 24.6. The highest BCUT2D eigenvalue weighted by Crippen LogP contribution is 2.32. The topological polar surface area (TPSA) is 125 Å². The fourth-order valence-electron chi connectivity index (χ4n) is 4.90. The first kappa shape index (κ1) is 30.9. The summed E-state index contributed by atoms with van der Waals surface area (Å²) in [6, 6.07) is 7.25. The third-order valence-electron chi connectivity index (χ3n) is 7.19. The minimum absolute atomic E-state index is 0.0109. The van der Waals surface area contributed by atoms with E-state index in [1.807, 2.05) is 5.43 Å². The summed E-state index contributed by atoms with van der Waals surface area (Å²) < 4.78 is 63.3. The van der Waals surface area contributed by atoms with Gasteiger partial charge in [0.1, 0.15) is 17.2 Å². The second-order valence-electron chi connectivity index (χ2n) is 11.2. The molecule has 0 spiro atoms. The summed E-state index contributed by atoms with van der Waals surface area (Å²) in [5.41, 5.74) is 1.41. The highest BCUT2D eigenvalue weighted by molar-refractivity contribution is 7.93. The predicted molar refractivity (Wildman–Crippen MR) is 151 cm³/mol. The van der Waals surface area contributed by atoms with Crippen molar-refractivity contribution in [2.75, 3.05) is 30.5 Å². The summed E-state index contributed by atoms with van der Waals surface area (Å²) in [6.45, 7) is 7.02. The molecule has 2 heterocycles. The lowest BCUT2D eigenvalue weighted by Crippen LogP contribution is -2.63. The maximum absolute atomic E-state index is 15.0. The molecule has 0 aromatic heterocycles. The maximum Gasteiger partial charge on any atom is 0.410 e. The fraction of sp³-hybridized carbons (Fsp3) is 0.481. The van der Waals surface area contributed by atoms with Crippen molar-refractivity contribution in [3.8, 4) is 0 Å². The molecule has 224 valence electrons. The minimum atomic E-state index is -4.06. The van der Waals surface area contributed by atoms with E-state index in [-0.39, 0.29) is 34.0 Å². The monoisotopic (exact) mass is 613 g/mol. The van der Waals surface area contributed by atoms with Crippen LogP contribution < -0.4 is 15.6 Å². The van der Waals surface area contributed by atoms with Crippen LogP contribution in [0.25, 0.3) is 0 Å². The molecule has 0 radical (unpaired) electrons. The van der Waals surface area contributed by atoms with Crippen LogP contribution in [0.2, 0.25) is 5.02 Å². The Morgan fingerprint density at radius 1 is 1.10 bits per heavy atom. The van der Waals surface area contributed by atoms with Crippen molar-refractivity contribution in [3.05, 3.63) is 64.2 Å². The average molecular weight is 614 g/mol. The van der Waals surface area contributed by atoms with E-state index in [0.29, 0.717) is 39.0 Å². The van der Waals surface area contributed by atoms with Crippen molar-refractivity contribution in [3.63, 3.8) is 0 Å². The molecule has 10 nitrogen and oxygen atoms in total. The highest BCUT2D eigenvalue weighted by Gasteiger charge is 2.41. The molecule has 2 aromatic carbocycles. The van der Waals surface area contributed by atoms with Gasteiger partial charge in [-0.3, -0.25) is 19.4 Å². The molecule has 41 heavy (non-hydrogen) atoms. The lowest BCUT2D eigenvalue weighted by Gasteiger charge is -2.47. The Bertz CT molecular complexity index is 1410. The molecule has 0 saturated carbocycles. The zero-order valence-electron chi connectivity index (χ0n) is 23.1. The van der Waals surface area contributed by atoms with E-state index in [2.05, 4.69) is 4.90 Å². The lowest BCUT2D eigenvalue weighted by molar-refractivity contribution is -0.0184. The van der Waals surface area contributed by atoms with Crippen molar-refractivity contribution in [2.24, 2.45) is 5.84 Å². The SMILES string of the molecule is CC(C)(C)OC(=O)N1CC(N2CCC(S(=O)(=O)N(Cc3ccc(C(=O)NN)cc3F)c3ccc(F)c(Cl)c3)CC2)C1. The largest absolute Gasteiger partial charge is 0.444 e. The quantitative estimate of drug-likeness (QED) is 0.277. The van der Waals surface area contributed by atoms with Crippen LogP contribution in [0.4, 0.5) is 19.3 Å². The summed E-state index contributed by atoms with van der Waals surface area (Å²) in [4.78, 5) is 27.8. The predicted octanol–water partition coefficient (Wildman–Crippen LogP) is 3.64. The van der Waals surface area contributed by atoms with Crippen molar-refractivity contribution in [2.45, 2.75) is 57.1 Å². The number of ether oxygens (including phenoxy) is 1. The van der Waals surface area contributed by atoms with E-state index in [1.54, 1.807) is 25.7 Å². The molecule has 0 bridgehead atoms. The van der Waals surface area contributed by atoms with Crippen LogP contribution >= 0.6 is 11.6 Å². The van der Waals surface area contributed by atoms with Crippen LogP contribution in [0.5, 0.6) is 0 Å². The summed E-state index contributed by atoms with van der Waals surface area (Å²) in [5.74, 6) is 2.91. The number of rotatable bonds is 7. The number of benzene rings is 2. The first-order valence-electron chi connectivity index (χ1n) is 13.2. The van der Waals surface area contributed by atoms with E-state index < -0.39 is 45.0 Å². The summed E-state index contributed by atoms with van der Waals surface area (Å²) >= 11 is 5.97. The number of halogens is 3. The van der Waals surface area contributed by atoms with Gasteiger partial charge in [0.2, 0.25) is 10.0 Å². The maximum atomic E-state index is 15.0. The first-order valence-corrected chi connectivity index (χ1v) is 15.1. The second kappa shape index (κ2) is 12.1. The number of amides is 2. The van der Waals surface area contributed by atoms with Crippen LogP contribution in [-0.4, -0.2) is 73.3 Å². The van der Waals surface area contributed by atoms with Crippen LogP contribution in [0.3, 0.4) is 0 Å². The number of piperidine rings is 1. The van der Waals surface area contributed by atoms with Crippen LogP contribution in [-0.2, 0) is 21.3 Å². The van der Waals surface area contributed by atoms with Gasteiger partial charge in [-0.05, 0) is 77.0 Å². The van der Waals surface area contributed by atoms with Gasteiger partial charge in [-0.2, -0.15) is 0 Å². The molecule has 2 aliphatic heterocycles. The first-order chi connectivity index (χ1) is 19.2. The number of hydrogen-bond donors (Lipinski definition) is 2. The number of nitrogens with zero attached hydrogens (tertiary/aromatic N) is 3. The van der Waals surface area contributed by atoms with E-state index in [1.165, 1.54) is 24.3 Å². The number of nitrogens with two attached hydrogens (primary N) is 1. The summed E-state index contributed by atoms with van der Waals surface area (Å²) in [7, 11) is -4.06. The second-order valence-corrected chi connectivity index (χ2v) is 13.7. The highest BCUT2D eigenvalue weighted by atomic mass is 35.5. The number of anilines is 1. The van der Waals surface area contributed by atoms with Gasteiger partial charge in [0.15, 0.2) is 0 Å². The molecular weight excluding hydrogens is 580 g/mol. The number of nitrogens with one attached hydrogen (secondary N) is 1.